The number of anilines is 6. The third-order valence-corrected chi connectivity index (χ3v) is 13.3. The second-order valence-corrected chi connectivity index (χ2v) is 17.2. The maximum Gasteiger partial charge on any atom is 0.159 e. The van der Waals surface area contributed by atoms with Gasteiger partial charge in [0.25, 0.3) is 0 Å². The van der Waals surface area contributed by atoms with Crippen LogP contribution >= 0.6 is 0 Å². The Morgan fingerprint density at radius 3 is 1.49 bits per heavy atom. The highest BCUT2D eigenvalue weighted by molar-refractivity contribution is 6.12. The number of nitrogens with zero attached hydrogens (tertiary/aromatic N) is 2. The van der Waals surface area contributed by atoms with Crippen LogP contribution in [0.4, 0.5) is 34.1 Å². The molecule has 0 radical (unpaired) electrons. The van der Waals surface area contributed by atoms with Crippen LogP contribution in [0.15, 0.2) is 259 Å². The summed E-state index contributed by atoms with van der Waals surface area (Å²) in [4.78, 5) is 4.65. The summed E-state index contributed by atoms with van der Waals surface area (Å²) in [6.45, 7) is 0. The normalized spacial score (nSPS) is 11.6. The smallest absolute Gasteiger partial charge is 0.159 e. The van der Waals surface area contributed by atoms with Crippen molar-refractivity contribution in [2.24, 2.45) is 0 Å². The van der Waals surface area contributed by atoms with Gasteiger partial charge in [-0.25, -0.2) is 0 Å². The summed E-state index contributed by atoms with van der Waals surface area (Å²) in [6.07, 6.45) is 0. The molecule has 4 nitrogen and oxygen atoms in total. The van der Waals surface area contributed by atoms with Gasteiger partial charge in [0.15, 0.2) is 5.75 Å². The van der Waals surface area contributed by atoms with Crippen molar-refractivity contribution in [1.82, 2.24) is 0 Å². The summed E-state index contributed by atoms with van der Waals surface area (Å²) in [5.74, 6) is 1.61. The molecule has 0 unspecified atom stereocenters. The zero-order valence-electron chi connectivity index (χ0n) is 37.0. The minimum absolute atomic E-state index is 0.801. The van der Waals surface area contributed by atoms with Crippen LogP contribution in [-0.4, -0.2) is 0 Å². The monoisotopic (exact) mass is 870 g/mol. The molecule has 0 N–H and O–H groups in total. The van der Waals surface area contributed by atoms with E-state index in [9.17, 15) is 0 Å². The summed E-state index contributed by atoms with van der Waals surface area (Å²) in [7, 11) is 0. The molecule has 4 heteroatoms. The van der Waals surface area contributed by atoms with Crippen LogP contribution in [0.3, 0.4) is 0 Å². The van der Waals surface area contributed by atoms with Crippen molar-refractivity contribution >= 4 is 66.8 Å². The van der Waals surface area contributed by atoms with Crippen LogP contribution in [0.1, 0.15) is 0 Å². The molecule has 0 amide bonds. The molecule has 1 aliphatic heterocycles. The topological polar surface area (TPSA) is 28.9 Å². The molecule has 320 valence electrons. The van der Waals surface area contributed by atoms with Crippen molar-refractivity contribution < 1.29 is 9.15 Å². The molecule has 13 rings (SSSR count). The maximum atomic E-state index is 7.30. The number of rotatable bonds is 9. The number of furan rings is 1. The fourth-order valence-electron chi connectivity index (χ4n) is 10.1. The highest BCUT2D eigenvalue weighted by atomic mass is 16.5. The van der Waals surface area contributed by atoms with E-state index in [4.69, 9.17) is 9.15 Å². The fourth-order valence-corrected chi connectivity index (χ4v) is 10.1. The molecule has 0 saturated heterocycles. The summed E-state index contributed by atoms with van der Waals surface area (Å²) >= 11 is 0. The molecule has 2 heterocycles. The van der Waals surface area contributed by atoms with Crippen LogP contribution in [0.25, 0.3) is 77.2 Å². The van der Waals surface area contributed by atoms with E-state index in [1.165, 1.54) is 11.1 Å². The van der Waals surface area contributed by atoms with Crippen molar-refractivity contribution in [3.8, 4) is 56.0 Å². The lowest BCUT2D eigenvalue weighted by atomic mass is 9.92. The number of fused-ring (bicyclic) bond motifs is 5. The van der Waals surface area contributed by atoms with Crippen LogP contribution in [0.2, 0.25) is 0 Å². The first kappa shape index (κ1) is 39.3. The highest BCUT2D eigenvalue weighted by Crippen LogP contribution is 2.56. The Bertz CT molecular complexity index is 3750. The molecule has 1 aromatic heterocycles. The van der Waals surface area contributed by atoms with E-state index in [1.807, 2.05) is 12.1 Å². The maximum absolute atomic E-state index is 7.30. The molecule has 0 bridgehead atoms. The molecule has 0 aliphatic carbocycles. The third-order valence-electron chi connectivity index (χ3n) is 13.3. The Kier molecular flexibility index (Phi) is 9.47. The van der Waals surface area contributed by atoms with Crippen LogP contribution < -0.4 is 14.5 Å². The van der Waals surface area contributed by atoms with E-state index in [0.29, 0.717) is 0 Å². The zero-order chi connectivity index (χ0) is 45.0. The molecule has 0 fully saturated rings. The Hall–Kier alpha value is -9.12. The SMILES string of the molecule is c1ccc(-c2ccc(-c3ccc(N(c4ccc(-c5cccc6c5oc5ccccc56)cc4)c4ccc5cccc6c5c4Oc4cccc(N(c5ccccc5)c5ccccc5)c4-6)cc3)cc2)cc1. The molecular formula is C64H42N2O2. The average molecular weight is 871 g/mol. The lowest BCUT2D eigenvalue weighted by molar-refractivity contribution is 0.488. The van der Waals surface area contributed by atoms with E-state index >= 15 is 0 Å². The van der Waals surface area contributed by atoms with Gasteiger partial charge in [-0.2, -0.15) is 0 Å². The lowest BCUT2D eigenvalue weighted by Gasteiger charge is -2.33. The minimum Gasteiger partial charge on any atom is -0.455 e. The standard InChI is InChI=1S/C64H42N2O2/c1-4-15-43(16-5-1)44-29-31-45(32-30-44)46-33-38-51(39-34-46)66(52-40-35-47(36-41-52)53-23-13-24-55-54-22-10-11-27-59(54)67-63(53)55)58-42-37-48-17-12-25-56-61(48)64(58)68-60-28-14-26-57(62(56)60)65(49-18-6-2-7-19-49)50-20-8-3-9-21-50/h1-42H. The van der Waals surface area contributed by atoms with Crippen molar-refractivity contribution in [1.29, 1.82) is 0 Å². The van der Waals surface area contributed by atoms with E-state index in [-0.39, 0.29) is 0 Å². The highest BCUT2D eigenvalue weighted by Gasteiger charge is 2.30. The quantitative estimate of drug-likeness (QED) is 0.144. The number of ether oxygens (including phenoxy) is 1. The van der Waals surface area contributed by atoms with Crippen LogP contribution in [-0.2, 0) is 0 Å². The fraction of sp³-hybridized carbons (Fsp3) is 0. The lowest BCUT2D eigenvalue weighted by Crippen LogP contribution is -2.14. The Balaban J connectivity index is 0.959. The second-order valence-electron chi connectivity index (χ2n) is 17.2. The molecule has 1 aliphatic rings. The van der Waals surface area contributed by atoms with Gasteiger partial charge in [-0.1, -0.05) is 182 Å². The third kappa shape index (κ3) is 6.69. The molecule has 11 aromatic carbocycles. The van der Waals surface area contributed by atoms with Crippen LogP contribution in [0.5, 0.6) is 11.5 Å². The molecule has 0 spiro atoms. The van der Waals surface area contributed by atoms with Crippen molar-refractivity contribution in [2.45, 2.75) is 0 Å². The minimum atomic E-state index is 0.801. The second kappa shape index (κ2) is 16.4. The number of hydrogen-bond acceptors (Lipinski definition) is 4. The van der Waals surface area contributed by atoms with Gasteiger partial charge < -0.3 is 19.0 Å². The number of para-hydroxylation sites is 4. The van der Waals surface area contributed by atoms with E-state index in [2.05, 4.69) is 252 Å². The largest absolute Gasteiger partial charge is 0.455 e. The number of hydrogen-bond donors (Lipinski definition) is 0. The first-order chi connectivity index (χ1) is 33.7. The summed E-state index contributed by atoms with van der Waals surface area (Å²) in [6, 6.07) is 90.3. The summed E-state index contributed by atoms with van der Waals surface area (Å²) in [5.41, 5.74) is 16.9. The number of benzene rings is 11. The Morgan fingerprint density at radius 1 is 0.309 bits per heavy atom. The van der Waals surface area contributed by atoms with Crippen molar-refractivity contribution in [3.05, 3.63) is 255 Å². The van der Waals surface area contributed by atoms with Gasteiger partial charge in [-0.05, 0) is 112 Å². The van der Waals surface area contributed by atoms with Crippen molar-refractivity contribution in [3.63, 3.8) is 0 Å². The van der Waals surface area contributed by atoms with Gasteiger partial charge in [0, 0.05) is 50.0 Å². The predicted octanol–water partition coefficient (Wildman–Crippen LogP) is 18.5. The molecule has 68 heavy (non-hydrogen) atoms. The Labute approximate surface area is 394 Å². The molecule has 0 saturated carbocycles. The van der Waals surface area contributed by atoms with E-state index in [0.717, 1.165) is 112 Å². The Morgan fingerprint density at radius 2 is 0.809 bits per heavy atom. The first-order valence-electron chi connectivity index (χ1n) is 23.1. The first-order valence-corrected chi connectivity index (χ1v) is 23.1. The van der Waals surface area contributed by atoms with Gasteiger partial charge >= 0.3 is 0 Å². The van der Waals surface area contributed by atoms with Gasteiger partial charge in [-0.3, -0.25) is 0 Å². The summed E-state index contributed by atoms with van der Waals surface area (Å²) in [5, 5.41) is 4.41. The molecule has 12 aromatic rings. The van der Waals surface area contributed by atoms with Crippen LogP contribution in [0, 0.1) is 0 Å². The van der Waals surface area contributed by atoms with Gasteiger partial charge in [-0.15, -0.1) is 0 Å². The van der Waals surface area contributed by atoms with Crippen molar-refractivity contribution in [2.75, 3.05) is 9.80 Å². The van der Waals surface area contributed by atoms with E-state index in [1.54, 1.807) is 0 Å². The van der Waals surface area contributed by atoms with Gasteiger partial charge in [0.2, 0.25) is 0 Å². The van der Waals surface area contributed by atoms with E-state index < -0.39 is 0 Å². The average Bonchev–Trinajstić information content (AvgIpc) is 3.80. The summed E-state index contributed by atoms with van der Waals surface area (Å²) < 4.78 is 13.8. The zero-order valence-corrected chi connectivity index (χ0v) is 37.0. The molecule has 0 atom stereocenters. The van der Waals surface area contributed by atoms with Gasteiger partial charge in [0.05, 0.1) is 11.4 Å². The molecular weight excluding hydrogens is 829 g/mol. The van der Waals surface area contributed by atoms with Gasteiger partial charge in [0.1, 0.15) is 16.9 Å². The predicted molar refractivity (Wildman–Crippen MR) is 282 cm³/mol.